The van der Waals surface area contributed by atoms with Gasteiger partial charge in [-0.05, 0) is 67.4 Å². The highest BCUT2D eigenvalue weighted by Gasteiger charge is 2.09. The molecule has 5 heteroatoms. The van der Waals surface area contributed by atoms with E-state index < -0.39 is 0 Å². The summed E-state index contributed by atoms with van der Waals surface area (Å²) in [5.41, 5.74) is 3.12. The summed E-state index contributed by atoms with van der Waals surface area (Å²) in [5.74, 6) is 3.26. The topological polar surface area (TPSA) is 56.3 Å². The van der Waals surface area contributed by atoms with Crippen molar-refractivity contribution in [1.82, 2.24) is 9.97 Å². The standard InChI is InChI=1S/C25H25N3O2/c1-3-30-21-12-8-18(9-13-21)16-17-26-25-22-6-4-5-7-23(22)27-24(28-25)19-10-14-20(29-2)15-11-19/h4-15H,3,16-17H2,1-2H3,(H,26,27,28). The van der Waals surface area contributed by atoms with Gasteiger partial charge in [-0.25, -0.2) is 9.97 Å². The summed E-state index contributed by atoms with van der Waals surface area (Å²) in [6, 6.07) is 24.1. The first-order valence-corrected chi connectivity index (χ1v) is 10.1. The number of fused-ring (bicyclic) bond motifs is 1. The SMILES string of the molecule is CCOc1ccc(CCNc2nc(-c3ccc(OC)cc3)nc3ccccc23)cc1. The Morgan fingerprint density at radius 1 is 0.833 bits per heavy atom. The van der Waals surface area contributed by atoms with Crippen LogP contribution < -0.4 is 14.8 Å². The third-order valence-electron chi connectivity index (χ3n) is 4.89. The lowest BCUT2D eigenvalue weighted by Crippen LogP contribution is -2.08. The van der Waals surface area contributed by atoms with Crippen LogP contribution in [0.2, 0.25) is 0 Å². The third-order valence-corrected chi connectivity index (χ3v) is 4.89. The quantitative estimate of drug-likeness (QED) is 0.432. The first-order valence-electron chi connectivity index (χ1n) is 10.1. The van der Waals surface area contributed by atoms with E-state index in [0.717, 1.165) is 46.7 Å². The summed E-state index contributed by atoms with van der Waals surface area (Å²) in [6.45, 7) is 3.44. The Bertz CT molecular complexity index is 1110. The minimum Gasteiger partial charge on any atom is -0.497 e. The molecule has 5 nitrogen and oxygen atoms in total. The van der Waals surface area contributed by atoms with Crippen molar-refractivity contribution in [1.29, 1.82) is 0 Å². The maximum absolute atomic E-state index is 5.51. The Hall–Kier alpha value is -3.60. The van der Waals surface area contributed by atoms with Crippen molar-refractivity contribution >= 4 is 16.7 Å². The maximum Gasteiger partial charge on any atom is 0.162 e. The van der Waals surface area contributed by atoms with Gasteiger partial charge in [-0.3, -0.25) is 0 Å². The van der Waals surface area contributed by atoms with E-state index >= 15 is 0 Å². The molecule has 0 saturated heterocycles. The van der Waals surface area contributed by atoms with Crippen LogP contribution in [0.15, 0.2) is 72.8 Å². The molecule has 3 aromatic carbocycles. The van der Waals surface area contributed by atoms with Crippen molar-refractivity contribution in [3.05, 3.63) is 78.4 Å². The number of rotatable bonds is 8. The highest BCUT2D eigenvalue weighted by Crippen LogP contribution is 2.26. The van der Waals surface area contributed by atoms with Crippen LogP contribution in [0.25, 0.3) is 22.3 Å². The zero-order valence-electron chi connectivity index (χ0n) is 17.3. The fourth-order valence-electron chi connectivity index (χ4n) is 3.32. The molecular formula is C25H25N3O2. The zero-order valence-corrected chi connectivity index (χ0v) is 17.3. The molecule has 1 N–H and O–H groups in total. The number of anilines is 1. The van der Waals surface area contributed by atoms with Gasteiger partial charge in [0.05, 0.1) is 19.2 Å². The number of hydrogen-bond acceptors (Lipinski definition) is 5. The van der Waals surface area contributed by atoms with Crippen molar-refractivity contribution in [2.45, 2.75) is 13.3 Å². The summed E-state index contributed by atoms with van der Waals surface area (Å²) in [4.78, 5) is 9.56. The molecule has 0 saturated carbocycles. The Labute approximate surface area is 176 Å². The Morgan fingerprint density at radius 3 is 2.30 bits per heavy atom. The molecule has 152 valence electrons. The molecule has 0 aliphatic carbocycles. The van der Waals surface area contributed by atoms with Crippen LogP contribution in [0.3, 0.4) is 0 Å². The minimum atomic E-state index is 0.679. The molecule has 0 aliphatic rings. The van der Waals surface area contributed by atoms with Crippen LogP contribution >= 0.6 is 0 Å². The molecule has 0 spiro atoms. The Morgan fingerprint density at radius 2 is 1.57 bits per heavy atom. The van der Waals surface area contributed by atoms with Crippen LogP contribution in [0.5, 0.6) is 11.5 Å². The second kappa shape index (κ2) is 9.27. The monoisotopic (exact) mass is 399 g/mol. The first-order chi connectivity index (χ1) is 14.8. The van der Waals surface area contributed by atoms with Crippen LogP contribution in [0, 0.1) is 0 Å². The molecule has 1 aromatic heterocycles. The van der Waals surface area contributed by atoms with E-state index in [2.05, 4.69) is 17.4 Å². The fourth-order valence-corrected chi connectivity index (χ4v) is 3.32. The number of aromatic nitrogens is 2. The van der Waals surface area contributed by atoms with Gasteiger partial charge in [-0.2, -0.15) is 0 Å². The number of hydrogen-bond donors (Lipinski definition) is 1. The Kier molecular flexibility index (Phi) is 6.09. The second-order valence-corrected chi connectivity index (χ2v) is 6.90. The van der Waals surface area contributed by atoms with Gasteiger partial charge in [0, 0.05) is 17.5 Å². The average molecular weight is 399 g/mol. The van der Waals surface area contributed by atoms with Crippen molar-refractivity contribution in [3.63, 3.8) is 0 Å². The van der Waals surface area contributed by atoms with Gasteiger partial charge < -0.3 is 14.8 Å². The van der Waals surface area contributed by atoms with E-state index in [1.165, 1.54) is 5.56 Å². The van der Waals surface area contributed by atoms with Gasteiger partial charge in [-0.15, -0.1) is 0 Å². The average Bonchev–Trinajstić information content (AvgIpc) is 2.80. The number of nitrogens with zero attached hydrogens (tertiary/aromatic N) is 2. The van der Waals surface area contributed by atoms with Gasteiger partial charge >= 0.3 is 0 Å². The van der Waals surface area contributed by atoms with Crippen molar-refractivity contribution < 1.29 is 9.47 Å². The van der Waals surface area contributed by atoms with Crippen molar-refractivity contribution in [2.24, 2.45) is 0 Å². The van der Waals surface area contributed by atoms with E-state index in [9.17, 15) is 0 Å². The van der Waals surface area contributed by atoms with Crippen molar-refractivity contribution in [2.75, 3.05) is 25.6 Å². The summed E-state index contributed by atoms with van der Waals surface area (Å²) >= 11 is 0. The van der Waals surface area contributed by atoms with E-state index in [-0.39, 0.29) is 0 Å². The maximum atomic E-state index is 5.51. The lowest BCUT2D eigenvalue weighted by molar-refractivity contribution is 0.340. The molecule has 30 heavy (non-hydrogen) atoms. The molecule has 0 unspecified atom stereocenters. The smallest absolute Gasteiger partial charge is 0.162 e. The first kappa shape index (κ1) is 19.7. The molecule has 4 rings (SSSR count). The number of ether oxygens (including phenoxy) is 2. The van der Waals surface area contributed by atoms with Gasteiger partial charge in [0.25, 0.3) is 0 Å². The van der Waals surface area contributed by atoms with Crippen LogP contribution in [0.1, 0.15) is 12.5 Å². The second-order valence-electron chi connectivity index (χ2n) is 6.90. The van der Waals surface area contributed by atoms with E-state index in [1.54, 1.807) is 7.11 Å². The predicted molar refractivity (Wildman–Crippen MR) is 121 cm³/mol. The molecule has 0 fully saturated rings. The van der Waals surface area contributed by atoms with Crippen LogP contribution in [-0.4, -0.2) is 30.2 Å². The van der Waals surface area contributed by atoms with E-state index in [1.807, 2.05) is 67.6 Å². The molecule has 0 aliphatic heterocycles. The molecule has 0 amide bonds. The number of nitrogens with one attached hydrogen (secondary N) is 1. The van der Waals surface area contributed by atoms with E-state index in [0.29, 0.717) is 12.4 Å². The highest BCUT2D eigenvalue weighted by molar-refractivity contribution is 5.90. The van der Waals surface area contributed by atoms with Crippen LogP contribution in [-0.2, 0) is 6.42 Å². The number of methoxy groups -OCH3 is 1. The van der Waals surface area contributed by atoms with Crippen molar-refractivity contribution in [3.8, 4) is 22.9 Å². The zero-order chi connectivity index (χ0) is 20.8. The fraction of sp³-hybridized carbons (Fsp3) is 0.200. The minimum absolute atomic E-state index is 0.679. The summed E-state index contributed by atoms with van der Waals surface area (Å²) in [6.07, 6.45) is 0.891. The molecular weight excluding hydrogens is 374 g/mol. The highest BCUT2D eigenvalue weighted by atomic mass is 16.5. The van der Waals surface area contributed by atoms with Crippen LogP contribution in [0.4, 0.5) is 5.82 Å². The normalized spacial score (nSPS) is 10.7. The van der Waals surface area contributed by atoms with Gasteiger partial charge in [0.1, 0.15) is 17.3 Å². The number of benzene rings is 3. The largest absolute Gasteiger partial charge is 0.497 e. The molecule has 0 radical (unpaired) electrons. The number of para-hydroxylation sites is 1. The van der Waals surface area contributed by atoms with E-state index in [4.69, 9.17) is 19.4 Å². The summed E-state index contributed by atoms with van der Waals surface area (Å²) < 4.78 is 10.8. The molecule has 1 heterocycles. The molecule has 0 atom stereocenters. The third kappa shape index (κ3) is 4.51. The lowest BCUT2D eigenvalue weighted by atomic mass is 10.1. The van der Waals surface area contributed by atoms with Gasteiger partial charge in [0.2, 0.25) is 0 Å². The van der Waals surface area contributed by atoms with Gasteiger partial charge in [-0.1, -0.05) is 24.3 Å². The van der Waals surface area contributed by atoms with Gasteiger partial charge in [0.15, 0.2) is 5.82 Å². The lowest BCUT2D eigenvalue weighted by Gasteiger charge is -2.12. The summed E-state index contributed by atoms with van der Waals surface area (Å²) in [7, 11) is 1.66. The predicted octanol–water partition coefficient (Wildman–Crippen LogP) is 5.36. The Balaban J connectivity index is 1.54. The molecule has 0 bridgehead atoms. The molecule has 4 aromatic rings. The summed E-state index contributed by atoms with van der Waals surface area (Å²) in [5, 5.41) is 4.52.